The Kier molecular flexibility index (Phi) is 4.48. The molecular weight excluding hydrogens is 274 g/mol. The van der Waals surface area contributed by atoms with Crippen molar-refractivity contribution in [1.82, 2.24) is 4.90 Å². The van der Waals surface area contributed by atoms with Crippen molar-refractivity contribution in [3.05, 3.63) is 35.4 Å². The van der Waals surface area contributed by atoms with Crippen molar-refractivity contribution >= 4 is 17.2 Å². The summed E-state index contributed by atoms with van der Waals surface area (Å²) >= 11 is 0. The number of likely N-dealkylation sites (N-methyl/N-ethyl adjacent to an activating group) is 1. The van der Waals surface area contributed by atoms with Gasteiger partial charge in [0.05, 0.1) is 0 Å². The summed E-state index contributed by atoms with van der Waals surface area (Å²) in [7, 11) is 2.16. The van der Waals surface area contributed by atoms with Gasteiger partial charge in [0.1, 0.15) is 0 Å². The first-order chi connectivity index (χ1) is 10.6. The summed E-state index contributed by atoms with van der Waals surface area (Å²) < 4.78 is 0. The molecule has 1 saturated heterocycles. The molecule has 0 atom stereocenters. The Morgan fingerprint density at radius 2 is 1.91 bits per heavy atom. The molecule has 0 saturated carbocycles. The van der Waals surface area contributed by atoms with Crippen LogP contribution in [0.4, 0.5) is 5.69 Å². The van der Waals surface area contributed by atoms with E-state index in [0.717, 1.165) is 44.6 Å². The quantitative estimate of drug-likeness (QED) is 0.933. The number of rotatable bonds is 3. The Balaban J connectivity index is 1.93. The minimum Gasteiger partial charge on any atom is -0.369 e. The van der Waals surface area contributed by atoms with Crippen LogP contribution in [0.5, 0.6) is 0 Å². The van der Waals surface area contributed by atoms with Crippen molar-refractivity contribution in [2.75, 3.05) is 38.1 Å². The van der Waals surface area contributed by atoms with E-state index in [9.17, 15) is 4.79 Å². The maximum Gasteiger partial charge on any atom is 0.249 e. The van der Waals surface area contributed by atoms with Gasteiger partial charge in [0.25, 0.3) is 0 Å². The molecule has 0 spiro atoms. The number of amides is 1. The first-order valence-corrected chi connectivity index (χ1v) is 8.22. The average molecular weight is 299 g/mol. The Labute approximate surface area is 132 Å². The van der Waals surface area contributed by atoms with Crippen LogP contribution in [0.25, 0.3) is 5.57 Å². The van der Waals surface area contributed by atoms with Crippen molar-refractivity contribution in [2.24, 2.45) is 5.73 Å². The zero-order chi connectivity index (χ0) is 15.5. The predicted octanol–water partition coefficient (Wildman–Crippen LogP) is 2.49. The Hall–Kier alpha value is -1.81. The second kappa shape index (κ2) is 6.53. The standard InChI is InChI=1S/C18H25N3O/c1-20-9-11-21(12-10-20)15-7-8-16(18(19)22)17(13-15)14-5-3-2-4-6-14/h5,7-8,13H,2-4,6,9-12H2,1H3,(H2,19,22). The molecule has 0 unspecified atom stereocenters. The van der Waals surface area contributed by atoms with E-state index in [1.54, 1.807) is 0 Å². The van der Waals surface area contributed by atoms with E-state index in [0.29, 0.717) is 5.56 Å². The molecule has 0 radical (unpaired) electrons. The Morgan fingerprint density at radius 1 is 1.14 bits per heavy atom. The van der Waals surface area contributed by atoms with E-state index in [-0.39, 0.29) is 5.91 Å². The molecule has 1 fully saturated rings. The van der Waals surface area contributed by atoms with E-state index in [1.807, 2.05) is 12.1 Å². The maximum absolute atomic E-state index is 11.8. The molecule has 2 N–H and O–H groups in total. The van der Waals surface area contributed by atoms with E-state index >= 15 is 0 Å². The third kappa shape index (κ3) is 3.17. The molecule has 2 aliphatic rings. The number of anilines is 1. The lowest BCUT2D eigenvalue weighted by Crippen LogP contribution is -2.44. The highest BCUT2D eigenvalue weighted by molar-refractivity contribution is 5.98. The monoisotopic (exact) mass is 299 g/mol. The van der Waals surface area contributed by atoms with Crippen LogP contribution in [0.2, 0.25) is 0 Å². The van der Waals surface area contributed by atoms with E-state index < -0.39 is 0 Å². The molecule has 4 heteroatoms. The van der Waals surface area contributed by atoms with Gasteiger partial charge < -0.3 is 15.5 Å². The smallest absolute Gasteiger partial charge is 0.249 e. The lowest BCUT2D eigenvalue weighted by Gasteiger charge is -2.34. The van der Waals surface area contributed by atoms with Gasteiger partial charge in [0.15, 0.2) is 0 Å². The first-order valence-electron chi connectivity index (χ1n) is 8.22. The molecule has 118 valence electrons. The lowest BCUT2D eigenvalue weighted by molar-refractivity contribution is 0.1000. The zero-order valence-corrected chi connectivity index (χ0v) is 13.3. The highest BCUT2D eigenvalue weighted by Crippen LogP contribution is 2.32. The predicted molar refractivity (Wildman–Crippen MR) is 91.1 cm³/mol. The zero-order valence-electron chi connectivity index (χ0n) is 13.3. The van der Waals surface area contributed by atoms with Crippen molar-refractivity contribution in [2.45, 2.75) is 25.7 Å². The molecule has 4 nitrogen and oxygen atoms in total. The van der Waals surface area contributed by atoms with Crippen LogP contribution in [0.3, 0.4) is 0 Å². The number of carbonyl (C=O) groups is 1. The SMILES string of the molecule is CN1CCN(c2ccc(C(N)=O)c(C3=CCCCC3)c2)CC1. The Morgan fingerprint density at radius 3 is 2.55 bits per heavy atom. The normalized spacial score (nSPS) is 19.9. The maximum atomic E-state index is 11.8. The van der Waals surface area contributed by atoms with Crippen LogP contribution in [-0.2, 0) is 0 Å². The first kappa shape index (κ1) is 15.1. The summed E-state index contributed by atoms with van der Waals surface area (Å²) in [5.74, 6) is -0.327. The number of hydrogen-bond acceptors (Lipinski definition) is 3. The van der Waals surface area contributed by atoms with Crippen LogP contribution in [0.15, 0.2) is 24.3 Å². The fourth-order valence-electron chi connectivity index (χ4n) is 3.36. The van der Waals surface area contributed by atoms with Crippen molar-refractivity contribution in [3.63, 3.8) is 0 Å². The van der Waals surface area contributed by atoms with Crippen LogP contribution in [0, 0.1) is 0 Å². The van der Waals surface area contributed by atoms with E-state index in [1.165, 1.54) is 24.1 Å². The van der Waals surface area contributed by atoms with Crippen LogP contribution in [0.1, 0.15) is 41.6 Å². The summed E-state index contributed by atoms with van der Waals surface area (Å²) in [5, 5.41) is 0. The van der Waals surface area contributed by atoms with Crippen LogP contribution in [-0.4, -0.2) is 44.0 Å². The minimum absolute atomic E-state index is 0.327. The second-order valence-electron chi connectivity index (χ2n) is 6.36. The van der Waals surface area contributed by atoms with Gasteiger partial charge in [-0.25, -0.2) is 0 Å². The van der Waals surface area contributed by atoms with E-state index in [4.69, 9.17) is 5.73 Å². The minimum atomic E-state index is -0.327. The summed E-state index contributed by atoms with van der Waals surface area (Å²) in [6, 6.07) is 6.11. The number of allylic oxidation sites excluding steroid dienone is 2. The topological polar surface area (TPSA) is 49.6 Å². The summed E-state index contributed by atoms with van der Waals surface area (Å²) in [4.78, 5) is 16.5. The third-order valence-electron chi connectivity index (χ3n) is 4.77. The molecule has 1 amide bonds. The van der Waals surface area contributed by atoms with Gasteiger partial charge in [-0.1, -0.05) is 6.08 Å². The molecule has 3 rings (SSSR count). The highest BCUT2D eigenvalue weighted by atomic mass is 16.1. The number of nitrogens with two attached hydrogens (primary N) is 1. The lowest BCUT2D eigenvalue weighted by atomic mass is 9.90. The van der Waals surface area contributed by atoms with Gasteiger partial charge in [-0.05, 0) is 62.1 Å². The van der Waals surface area contributed by atoms with Crippen LogP contribution >= 0.6 is 0 Å². The number of primary amides is 1. The van der Waals surface area contributed by atoms with Crippen LogP contribution < -0.4 is 10.6 Å². The van der Waals surface area contributed by atoms with Gasteiger partial charge in [0.2, 0.25) is 5.91 Å². The van der Waals surface area contributed by atoms with Crippen molar-refractivity contribution in [1.29, 1.82) is 0 Å². The molecule has 0 bridgehead atoms. The summed E-state index contributed by atoms with van der Waals surface area (Å²) in [5.41, 5.74) is 9.78. The van der Waals surface area contributed by atoms with Crippen molar-refractivity contribution < 1.29 is 4.79 Å². The number of carbonyl (C=O) groups excluding carboxylic acids is 1. The third-order valence-corrected chi connectivity index (χ3v) is 4.77. The average Bonchev–Trinajstić information content (AvgIpc) is 2.56. The fourth-order valence-corrected chi connectivity index (χ4v) is 3.36. The number of piperazine rings is 1. The van der Waals surface area contributed by atoms with Gasteiger partial charge in [-0.3, -0.25) is 4.79 Å². The highest BCUT2D eigenvalue weighted by Gasteiger charge is 2.19. The molecule has 1 aromatic carbocycles. The molecule has 1 aliphatic heterocycles. The largest absolute Gasteiger partial charge is 0.369 e. The summed E-state index contributed by atoms with van der Waals surface area (Å²) in [6.07, 6.45) is 6.87. The molecule has 1 heterocycles. The number of benzene rings is 1. The van der Waals surface area contributed by atoms with Gasteiger partial charge >= 0.3 is 0 Å². The molecule has 1 aromatic rings. The van der Waals surface area contributed by atoms with Gasteiger partial charge in [0, 0.05) is 37.4 Å². The molecular formula is C18H25N3O. The summed E-state index contributed by atoms with van der Waals surface area (Å²) in [6.45, 7) is 4.22. The fraction of sp³-hybridized carbons (Fsp3) is 0.500. The van der Waals surface area contributed by atoms with E-state index in [2.05, 4.69) is 29.0 Å². The molecule has 1 aliphatic carbocycles. The molecule has 22 heavy (non-hydrogen) atoms. The Bertz CT molecular complexity index is 586. The van der Waals surface area contributed by atoms with Crippen molar-refractivity contribution in [3.8, 4) is 0 Å². The van der Waals surface area contributed by atoms with Gasteiger partial charge in [-0.15, -0.1) is 0 Å². The van der Waals surface area contributed by atoms with Gasteiger partial charge in [-0.2, -0.15) is 0 Å². The number of hydrogen-bond donors (Lipinski definition) is 1. The molecule has 0 aromatic heterocycles. The second-order valence-corrected chi connectivity index (χ2v) is 6.36. The number of nitrogens with zero attached hydrogens (tertiary/aromatic N) is 2.